The second-order valence-electron chi connectivity index (χ2n) is 5.73. The van der Waals surface area contributed by atoms with Crippen LogP contribution in [0.4, 0.5) is 0 Å². The van der Waals surface area contributed by atoms with Gasteiger partial charge >= 0.3 is 0 Å². The molecule has 0 saturated heterocycles. The summed E-state index contributed by atoms with van der Waals surface area (Å²) in [7, 11) is 0. The van der Waals surface area contributed by atoms with Gasteiger partial charge in [-0.25, -0.2) is 19.9 Å². The van der Waals surface area contributed by atoms with E-state index in [4.69, 9.17) is 0 Å². The van der Waals surface area contributed by atoms with Gasteiger partial charge in [0.05, 0.1) is 0 Å². The van der Waals surface area contributed by atoms with Crippen LogP contribution in [-0.2, 0) is 6.42 Å². The summed E-state index contributed by atoms with van der Waals surface area (Å²) in [6.45, 7) is 2.26. The Balaban J connectivity index is 1.63. The van der Waals surface area contributed by atoms with Crippen LogP contribution in [-0.4, -0.2) is 24.5 Å². The molecule has 0 atom stereocenters. The minimum absolute atomic E-state index is 0.651. The Hall–Kier alpha value is -1.78. The highest BCUT2D eigenvalue weighted by atomic mass is 15.2. The minimum atomic E-state index is 0.651. The first-order valence-corrected chi connectivity index (χ1v) is 8.56. The molecule has 0 unspecified atom stereocenters. The van der Waals surface area contributed by atoms with Gasteiger partial charge in [-0.05, 0) is 6.42 Å². The Kier molecular flexibility index (Phi) is 7.56. The van der Waals surface area contributed by atoms with Crippen molar-refractivity contribution in [3.63, 3.8) is 0 Å². The van der Waals surface area contributed by atoms with Gasteiger partial charge in [0.15, 0.2) is 0 Å². The van der Waals surface area contributed by atoms with Gasteiger partial charge in [-0.2, -0.15) is 0 Å². The van der Waals surface area contributed by atoms with E-state index in [1.807, 2.05) is 17.0 Å². The maximum Gasteiger partial charge on any atom is 0.238 e. The predicted octanol–water partition coefficient (Wildman–Crippen LogP) is 4.13. The third-order valence-corrected chi connectivity index (χ3v) is 3.92. The fourth-order valence-corrected chi connectivity index (χ4v) is 2.65. The normalized spacial score (nSPS) is 11.0. The van der Waals surface area contributed by atoms with E-state index in [1.54, 1.807) is 0 Å². The molecular weight excluding hydrogens is 274 g/mol. The monoisotopic (exact) mass is 301 g/mol. The SMILES string of the molecule is CCCCCCCCCCCc1nccn1-c1ncncn1. The highest BCUT2D eigenvalue weighted by Crippen LogP contribution is 2.12. The quantitative estimate of drug-likeness (QED) is 0.586. The Morgan fingerprint density at radius 1 is 0.818 bits per heavy atom. The third-order valence-electron chi connectivity index (χ3n) is 3.92. The summed E-state index contributed by atoms with van der Waals surface area (Å²) in [6, 6.07) is 0. The van der Waals surface area contributed by atoms with Crippen LogP contribution in [0.1, 0.15) is 70.5 Å². The van der Waals surface area contributed by atoms with E-state index >= 15 is 0 Å². The zero-order valence-corrected chi connectivity index (χ0v) is 13.6. The summed E-state index contributed by atoms with van der Waals surface area (Å²) in [5.74, 6) is 1.69. The highest BCUT2D eigenvalue weighted by Gasteiger charge is 2.06. The molecule has 0 radical (unpaired) electrons. The van der Waals surface area contributed by atoms with Crippen LogP contribution >= 0.6 is 0 Å². The maximum atomic E-state index is 4.42. The molecule has 120 valence electrons. The Labute approximate surface area is 133 Å². The summed E-state index contributed by atoms with van der Waals surface area (Å²) in [5, 5.41) is 0. The lowest BCUT2D eigenvalue weighted by Crippen LogP contribution is -2.05. The summed E-state index contributed by atoms with van der Waals surface area (Å²) in [4.78, 5) is 16.6. The van der Waals surface area contributed by atoms with Crippen molar-refractivity contribution in [1.29, 1.82) is 0 Å². The van der Waals surface area contributed by atoms with E-state index in [-0.39, 0.29) is 0 Å². The second-order valence-corrected chi connectivity index (χ2v) is 5.73. The first kappa shape index (κ1) is 16.6. The van der Waals surface area contributed by atoms with Crippen molar-refractivity contribution in [3.8, 4) is 5.95 Å². The van der Waals surface area contributed by atoms with Gasteiger partial charge in [-0.1, -0.05) is 58.3 Å². The molecule has 2 rings (SSSR count). The van der Waals surface area contributed by atoms with Crippen LogP contribution in [0.25, 0.3) is 5.95 Å². The van der Waals surface area contributed by atoms with Crippen LogP contribution in [0.2, 0.25) is 0 Å². The average molecular weight is 301 g/mol. The van der Waals surface area contributed by atoms with E-state index in [0.29, 0.717) is 5.95 Å². The Morgan fingerprint density at radius 2 is 1.45 bits per heavy atom. The molecule has 0 aromatic carbocycles. The van der Waals surface area contributed by atoms with Crippen molar-refractivity contribution < 1.29 is 0 Å². The molecule has 0 saturated carbocycles. The number of aromatic nitrogens is 5. The van der Waals surface area contributed by atoms with Crippen LogP contribution in [0.3, 0.4) is 0 Å². The van der Waals surface area contributed by atoms with Gasteiger partial charge in [0.25, 0.3) is 0 Å². The summed E-state index contributed by atoms with van der Waals surface area (Å²) >= 11 is 0. The van der Waals surface area contributed by atoms with E-state index in [2.05, 4.69) is 26.9 Å². The number of aryl methyl sites for hydroxylation is 1. The number of unbranched alkanes of at least 4 members (excludes halogenated alkanes) is 8. The van der Waals surface area contributed by atoms with E-state index in [1.165, 1.54) is 70.4 Å². The first-order valence-electron chi connectivity index (χ1n) is 8.56. The number of rotatable bonds is 11. The lowest BCUT2D eigenvalue weighted by atomic mass is 10.1. The number of hydrogen-bond acceptors (Lipinski definition) is 4. The van der Waals surface area contributed by atoms with Gasteiger partial charge in [0.2, 0.25) is 5.95 Å². The van der Waals surface area contributed by atoms with Crippen LogP contribution in [0, 0.1) is 0 Å². The van der Waals surface area contributed by atoms with Gasteiger partial charge in [-0.3, -0.25) is 4.57 Å². The molecule has 0 N–H and O–H groups in total. The molecule has 5 heteroatoms. The lowest BCUT2D eigenvalue weighted by Gasteiger charge is -2.05. The lowest BCUT2D eigenvalue weighted by molar-refractivity contribution is 0.561. The predicted molar refractivity (Wildman–Crippen MR) is 87.9 cm³/mol. The molecule has 2 aromatic rings. The Bertz CT molecular complexity index is 509. The third kappa shape index (κ3) is 5.54. The molecule has 0 spiro atoms. The zero-order chi connectivity index (χ0) is 15.5. The van der Waals surface area contributed by atoms with Crippen molar-refractivity contribution in [2.75, 3.05) is 0 Å². The second kappa shape index (κ2) is 10.0. The summed E-state index contributed by atoms with van der Waals surface area (Å²) in [5.41, 5.74) is 0. The molecule has 0 aliphatic rings. The maximum absolute atomic E-state index is 4.42. The van der Waals surface area contributed by atoms with Crippen LogP contribution < -0.4 is 0 Å². The molecule has 2 heterocycles. The number of imidazole rings is 1. The molecule has 0 aliphatic heterocycles. The van der Waals surface area contributed by atoms with Crippen molar-refractivity contribution in [3.05, 3.63) is 30.9 Å². The molecule has 0 fully saturated rings. The standard InChI is InChI=1S/C17H27N5/c1-2-3-4-5-6-7-8-9-10-11-16-19-12-13-22(16)17-20-14-18-15-21-17/h12-15H,2-11H2,1H3. The fraction of sp³-hybridized carbons (Fsp3) is 0.647. The smallest absolute Gasteiger partial charge is 0.238 e. The van der Waals surface area contributed by atoms with E-state index in [9.17, 15) is 0 Å². The summed E-state index contributed by atoms with van der Waals surface area (Å²) < 4.78 is 1.95. The number of nitrogens with zero attached hydrogens (tertiary/aromatic N) is 5. The van der Waals surface area contributed by atoms with Crippen molar-refractivity contribution >= 4 is 0 Å². The topological polar surface area (TPSA) is 56.5 Å². The Morgan fingerprint density at radius 3 is 2.14 bits per heavy atom. The molecule has 2 aromatic heterocycles. The van der Waals surface area contributed by atoms with Gasteiger partial charge < -0.3 is 0 Å². The van der Waals surface area contributed by atoms with Gasteiger partial charge in [0.1, 0.15) is 18.5 Å². The van der Waals surface area contributed by atoms with Crippen LogP contribution in [0.5, 0.6) is 0 Å². The largest absolute Gasteiger partial charge is 0.272 e. The molecule has 22 heavy (non-hydrogen) atoms. The van der Waals surface area contributed by atoms with E-state index in [0.717, 1.165) is 12.2 Å². The summed E-state index contributed by atoms with van der Waals surface area (Å²) in [6.07, 6.45) is 19.8. The van der Waals surface area contributed by atoms with Crippen molar-refractivity contribution in [2.24, 2.45) is 0 Å². The fourth-order valence-electron chi connectivity index (χ4n) is 2.65. The zero-order valence-electron chi connectivity index (χ0n) is 13.6. The average Bonchev–Trinajstić information content (AvgIpc) is 3.02. The van der Waals surface area contributed by atoms with E-state index < -0.39 is 0 Å². The van der Waals surface area contributed by atoms with Crippen LogP contribution in [0.15, 0.2) is 25.0 Å². The molecule has 5 nitrogen and oxygen atoms in total. The number of hydrogen-bond donors (Lipinski definition) is 0. The molecular formula is C17H27N5. The van der Waals surface area contributed by atoms with Crippen molar-refractivity contribution in [1.82, 2.24) is 24.5 Å². The van der Waals surface area contributed by atoms with Gasteiger partial charge in [-0.15, -0.1) is 0 Å². The highest BCUT2D eigenvalue weighted by molar-refractivity contribution is 5.13. The van der Waals surface area contributed by atoms with Crippen molar-refractivity contribution in [2.45, 2.75) is 71.1 Å². The first-order chi connectivity index (χ1) is 10.9. The molecule has 0 bridgehead atoms. The van der Waals surface area contributed by atoms with Gasteiger partial charge in [0, 0.05) is 18.8 Å². The molecule has 0 amide bonds. The minimum Gasteiger partial charge on any atom is -0.272 e. The molecule has 0 aliphatic carbocycles.